The summed E-state index contributed by atoms with van der Waals surface area (Å²) in [5.41, 5.74) is 1.10. The predicted octanol–water partition coefficient (Wildman–Crippen LogP) is 1.75. The van der Waals surface area contributed by atoms with Crippen molar-refractivity contribution in [1.82, 2.24) is 4.98 Å². The molecule has 1 aliphatic carbocycles. The molecule has 1 aliphatic heterocycles. The first-order valence-electron chi connectivity index (χ1n) is 5.06. The number of hydrogen-bond acceptors (Lipinski definition) is 2. The van der Waals surface area contributed by atoms with Crippen LogP contribution in [-0.2, 0) is 11.2 Å². The Morgan fingerprint density at radius 1 is 1.43 bits per heavy atom. The van der Waals surface area contributed by atoms with E-state index in [0.717, 1.165) is 25.1 Å². The van der Waals surface area contributed by atoms with E-state index in [9.17, 15) is 4.79 Å². The lowest BCUT2D eigenvalue weighted by Crippen LogP contribution is -2.46. The van der Waals surface area contributed by atoms with Crippen molar-refractivity contribution in [2.45, 2.75) is 25.7 Å². The third-order valence-corrected chi connectivity index (χ3v) is 3.44. The van der Waals surface area contributed by atoms with Gasteiger partial charge in [-0.15, -0.1) is 0 Å². The van der Waals surface area contributed by atoms with Gasteiger partial charge in [0.1, 0.15) is 5.82 Å². The van der Waals surface area contributed by atoms with Crippen LogP contribution < -0.4 is 5.32 Å². The van der Waals surface area contributed by atoms with Gasteiger partial charge in [-0.05, 0) is 30.9 Å². The summed E-state index contributed by atoms with van der Waals surface area (Å²) < 4.78 is 0. The average molecular weight is 188 g/mol. The van der Waals surface area contributed by atoms with Gasteiger partial charge in [-0.1, -0.05) is 12.5 Å². The summed E-state index contributed by atoms with van der Waals surface area (Å²) in [6.07, 6.45) is 5.85. The summed E-state index contributed by atoms with van der Waals surface area (Å²) in [7, 11) is 0. The highest BCUT2D eigenvalue weighted by atomic mass is 16.2. The third-order valence-electron chi connectivity index (χ3n) is 3.44. The van der Waals surface area contributed by atoms with Crippen molar-refractivity contribution in [1.29, 1.82) is 0 Å². The second-order valence-corrected chi connectivity index (χ2v) is 4.28. The van der Waals surface area contributed by atoms with E-state index in [2.05, 4.69) is 16.4 Å². The molecule has 3 rings (SSSR count). The zero-order valence-electron chi connectivity index (χ0n) is 7.92. The number of carbonyl (C=O) groups excluding carboxylic acids is 1. The van der Waals surface area contributed by atoms with Gasteiger partial charge in [0, 0.05) is 6.20 Å². The van der Waals surface area contributed by atoms with Crippen LogP contribution in [0.4, 0.5) is 5.82 Å². The zero-order chi connectivity index (χ0) is 9.60. The summed E-state index contributed by atoms with van der Waals surface area (Å²) in [6.45, 7) is 0. The highest BCUT2D eigenvalue weighted by Crippen LogP contribution is 2.47. The molecule has 1 aromatic rings. The maximum Gasteiger partial charge on any atom is 0.232 e. The summed E-state index contributed by atoms with van der Waals surface area (Å²) in [4.78, 5) is 16.0. The molecule has 0 bridgehead atoms. The summed E-state index contributed by atoms with van der Waals surface area (Å²) in [5, 5.41) is 2.90. The van der Waals surface area contributed by atoms with Crippen LogP contribution in [0.5, 0.6) is 0 Å². The monoisotopic (exact) mass is 188 g/mol. The first kappa shape index (κ1) is 7.97. The number of rotatable bonds is 0. The normalized spacial score (nSPS) is 22.4. The van der Waals surface area contributed by atoms with Gasteiger partial charge in [-0.25, -0.2) is 4.98 Å². The van der Waals surface area contributed by atoms with Crippen LogP contribution in [0.25, 0.3) is 0 Å². The van der Waals surface area contributed by atoms with E-state index < -0.39 is 0 Å². The number of anilines is 1. The third kappa shape index (κ3) is 0.924. The molecule has 1 aromatic heterocycles. The molecule has 14 heavy (non-hydrogen) atoms. The van der Waals surface area contributed by atoms with E-state index in [-0.39, 0.29) is 11.3 Å². The van der Waals surface area contributed by atoms with E-state index in [1.807, 2.05) is 6.07 Å². The van der Waals surface area contributed by atoms with Crippen LogP contribution in [0.15, 0.2) is 18.3 Å². The number of nitrogens with one attached hydrogen (secondary N) is 1. The van der Waals surface area contributed by atoms with E-state index in [4.69, 9.17) is 0 Å². The highest BCUT2D eigenvalue weighted by Gasteiger charge is 2.46. The van der Waals surface area contributed by atoms with Crippen LogP contribution >= 0.6 is 0 Å². The lowest BCUT2D eigenvalue weighted by molar-refractivity contribution is -0.130. The minimum Gasteiger partial charge on any atom is -0.310 e. The SMILES string of the molecule is O=C1Nc2ncccc2CC12CCC2. The average Bonchev–Trinajstić information content (AvgIpc) is 2.14. The largest absolute Gasteiger partial charge is 0.310 e. The van der Waals surface area contributed by atoms with E-state index >= 15 is 0 Å². The van der Waals surface area contributed by atoms with Gasteiger partial charge in [0.2, 0.25) is 5.91 Å². The second kappa shape index (κ2) is 2.56. The number of nitrogens with zero attached hydrogens (tertiary/aromatic N) is 1. The molecule has 2 aliphatic rings. The number of amides is 1. The Balaban J connectivity index is 2.03. The zero-order valence-corrected chi connectivity index (χ0v) is 7.92. The van der Waals surface area contributed by atoms with Gasteiger partial charge in [-0.2, -0.15) is 0 Å². The Labute approximate surface area is 82.5 Å². The quantitative estimate of drug-likeness (QED) is 0.674. The lowest BCUT2D eigenvalue weighted by atomic mass is 9.63. The van der Waals surface area contributed by atoms with E-state index in [1.165, 1.54) is 12.0 Å². The molecule has 1 saturated carbocycles. The van der Waals surface area contributed by atoms with Crippen LogP contribution in [0, 0.1) is 5.41 Å². The molecule has 0 unspecified atom stereocenters. The van der Waals surface area contributed by atoms with Crippen molar-refractivity contribution in [3.63, 3.8) is 0 Å². The van der Waals surface area contributed by atoms with Crippen molar-refractivity contribution in [2.24, 2.45) is 5.41 Å². The van der Waals surface area contributed by atoms with Gasteiger partial charge < -0.3 is 5.32 Å². The number of pyridine rings is 1. The fourth-order valence-corrected chi connectivity index (χ4v) is 2.39. The van der Waals surface area contributed by atoms with Crippen LogP contribution in [0.1, 0.15) is 24.8 Å². The maximum absolute atomic E-state index is 11.8. The molecular formula is C11H12N2O. The molecule has 0 aromatic carbocycles. The molecule has 0 saturated heterocycles. The minimum absolute atomic E-state index is 0.0873. The topological polar surface area (TPSA) is 42.0 Å². The molecular weight excluding hydrogens is 176 g/mol. The fraction of sp³-hybridized carbons (Fsp3) is 0.455. The number of fused-ring (bicyclic) bond motifs is 1. The molecule has 3 heteroatoms. The molecule has 0 atom stereocenters. The Morgan fingerprint density at radius 2 is 2.29 bits per heavy atom. The Kier molecular flexibility index (Phi) is 1.46. The number of hydrogen-bond donors (Lipinski definition) is 1. The summed E-state index contributed by atoms with van der Waals surface area (Å²) in [5.74, 6) is 0.935. The van der Waals surface area contributed by atoms with Crippen molar-refractivity contribution >= 4 is 11.7 Å². The number of aromatic nitrogens is 1. The maximum atomic E-state index is 11.8. The van der Waals surface area contributed by atoms with Gasteiger partial charge in [0.05, 0.1) is 5.41 Å². The minimum atomic E-state index is -0.0873. The summed E-state index contributed by atoms with van der Waals surface area (Å²) >= 11 is 0. The Hall–Kier alpha value is -1.38. The second-order valence-electron chi connectivity index (χ2n) is 4.28. The molecule has 72 valence electrons. The number of carbonyl (C=O) groups is 1. The molecule has 1 fully saturated rings. The van der Waals surface area contributed by atoms with Crippen molar-refractivity contribution < 1.29 is 4.79 Å². The van der Waals surface area contributed by atoms with Crippen LogP contribution in [0.3, 0.4) is 0 Å². The van der Waals surface area contributed by atoms with Crippen molar-refractivity contribution in [3.05, 3.63) is 23.9 Å². The van der Waals surface area contributed by atoms with E-state index in [0.29, 0.717) is 0 Å². The Morgan fingerprint density at radius 3 is 3.00 bits per heavy atom. The van der Waals surface area contributed by atoms with E-state index in [1.54, 1.807) is 6.20 Å². The first-order chi connectivity index (χ1) is 6.80. The van der Waals surface area contributed by atoms with Crippen molar-refractivity contribution in [2.75, 3.05) is 5.32 Å². The van der Waals surface area contributed by atoms with Crippen molar-refractivity contribution in [3.8, 4) is 0 Å². The summed E-state index contributed by atoms with van der Waals surface area (Å²) in [6, 6.07) is 3.99. The highest BCUT2D eigenvalue weighted by molar-refractivity contribution is 5.98. The predicted molar refractivity (Wildman–Crippen MR) is 52.9 cm³/mol. The Bertz CT molecular complexity index is 396. The molecule has 1 N–H and O–H groups in total. The molecule has 3 nitrogen and oxygen atoms in total. The van der Waals surface area contributed by atoms with Crippen LogP contribution in [-0.4, -0.2) is 10.9 Å². The van der Waals surface area contributed by atoms with Crippen LogP contribution in [0.2, 0.25) is 0 Å². The molecule has 1 amide bonds. The first-order valence-corrected chi connectivity index (χ1v) is 5.06. The van der Waals surface area contributed by atoms with Gasteiger partial charge in [-0.3, -0.25) is 4.79 Å². The molecule has 2 heterocycles. The fourth-order valence-electron chi connectivity index (χ4n) is 2.39. The van der Waals surface area contributed by atoms with Gasteiger partial charge in [0.15, 0.2) is 0 Å². The lowest BCUT2D eigenvalue weighted by Gasteiger charge is -2.43. The van der Waals surface area contributed by atoms with Gasteiger partial charge >= 0.3 is 0 Å². The van der Waals surface area contributed by atoms with Gasteiger partial charge in [0.25, 0.3) is 0 Å². The smallest absolute Gasteiger partial charge is 0.232 e. The molecule has 1 spiro atoms. The standard InChI is InChI=1S/C11H12N2O/c14-10-11(4-2-5-11)7-8-3-1-6-12-9(8)13-10/h1,3,6H,2,4-5,7H2,(H,12,13,14). The molecule has 0 radical (unpaired) electrons.